The number of ether oxygens (including phenoxy) is 1. The molecular weight excluding hydrogens is 258 g/mol. The average molecular weight is 272 g/mol. The fraction of sp³-hybridized carbons (Fsp3) is 0.333. The molecule has 18 heavy (non-hydrogen) atoms. The van der Waals surface area contributed by atoms with Crippen molar-refractivity contribution in [3.8, 4) is 5.75 Å². The monoisotopic (exact) mass is 271 g/mol. The molecule has 0 aliphatic heterocycles. The predicted octanol–water partition coefficient (Wildman–Crippen LogP) is 1.62. The molecule has 2 N–H and O–H groups in total. The van der Waals surface area contributed by atoms with E-state index in [0.29, 0.717) is 10.8 Å². The van der Waals surface area contributed by atoms with Crippen LogP contribution >= 0.6 is 11.6 Å². The molecule has 1 rings (SSSR count). The van der Waals surface area contributed by atoms with E-state index in [-0.39, 0.29) is 6.61 Å². The second-order valence-corrected chi connectivity index (χ2v) is 4.22. The molecule has 0 heterocycles. The smallest absolute Gasteiger partial charge is 0.329 e. The Labute approximate surface area is 110 Å². The largest absolute Gasteiger partial charge is 0.491 e. The fourth-order valence-corrected chi connectivity index (χ4v) is 1.42. The Balaban J connectivity index is 2.64. The number of carbonyl (C=O) groups excluding carboxylic acids is 1. The number of nitrogens with one attached hydrogen (secondary N) is 1. The Kier molecular flexibility index (Phi) is 4.97. The minimum atomic E-state index is -1.14. The highest BCUT2D eigenvalue weighted by atomic mass is 35.5. The molecule has 0 radical (unpaired) electrons. The summed E-state index contributed by atoms with van der Waals surface area (Å²) in [4.78, 5) is 21.7. The minimum Gasteiger partial charge on any atom is -0.491 e. The van der Waals surface area contributed by atoms with Gasteiger partial charge in [0.2, 0.25) is 5.91 Å². The van der Waals surface area contributed by atoms with Crippen molar-refractivity contribution >= 4 is 23.5 Å². The second kappa shape index (κ2) is 6.26. The molecule has 1 amide bonds. The van der Waals surface area contributed by atoms with Gasteiger partial charge in [-0.15, -0.1) is 0 Å². The van der Waals surface area contributed by atoms with Gasteiger partial charge in [0.15, 0.2) is 6.04 Å². The molecule has 0 saturated heterocycles. The number of amides is 1. The SMILES string of the molecule is CC(=O)NC(COc1ccc(Cl)c(C)c1)C(=O)O. The van der Waals surface area contributed by atoms with Crippen molar-refractivity contribution < 1.29 is 19.4 Å². The van der Waals surface area contributed by atoms with Gasteiger partial charge in [0, 0.05) is 11.9 Å². The molecule has 0 bridgehead atoms. The van der Waals surface area contributed by atoms with Crippen molar-refractivity contribution in [1.29, 1.82) is 0 Å². The summed E-state index contributed by atoms with van der Waals surface area (Å²) in [6.45, 7) is 2.93. The van der Waals surface area contributed by atoms with Crippen LogP contribution in [0.25, 0.3) is 0 Å². The van der Waals surface area contributed by atoms with Gasteiger partial charge in [-0.1, -0.05) is 11.6 Å². The van der Waals surface area contributed by atoms with Gasteiger partial charge in [0.05, 0.1) is 0 Å². The highest BCUT2D eigenvalue weighted by Gasteiger charge is 2.19. The number of carboxylic acid groups (broad SMARTS) is 1. The third-order valence-electron chi connectivity index (χ3n) is 2.22. The molecule has 0 spiro atoms. The molecule has 1 atom stereocenters. The Hall–Kier alpha value is -1.75. The van der Waals surface area contributed by atoms with Crippen molar-refractivity contribution in [3.63, 3.8) is 0 Å². The summed E-state index contributed by atoms with van der Waals surface area (Å²) in [5.41, 5.74) is 0.834. The lowest BCUT2D eigenvalue weighted by atomic mass is 10.2. The number of carboxylic acids is 1. The van der Waals surface area contributed by atoms with Crippen LogP contribution < -0.4 is 10.1 Å². The van der Waals surface area contributed by atoms with Crippen molar-refractivity contribution in [1.82, 2.24) is 5.32 Å². The van der Waals surface area contributed by atoms with Gasteiger partial charge in [-0.25, -0.2) is 4.79 Å². The Morgan fingerprint density at radius 3 is 2.67 bits per heavy atom. The maximum Gasteiger partial charge on any atom is 0.329 e. The van der Waals surface area contributed by atoms with Gasteiger partial charge in [-0.3, -0.25) is 4.79 Å². The number of aliphatic carboxylic acids is 1. The van der Waals surface area contributed by atoms with E-state index in [1.54, 1.807) is 18.2 Å². The molecule has 0 saturated carbocycles. The molecular formula is C12H14ClNO4. The van der Waals surface area contributed by atoms with Crippen LogP contribution in [0.5, 0.6) is 5.75 Å². The van der Waals surface area contributed by atoms with Crippen molar-refractivity contribution in [2.75, 3.05) is 6.61 Å². The predicted molar refractivity (Wildman–Crippen MR) is 66.9 cm³/mol. The van der Waals surface area contributed by atoms with Crippen LogP contribution in [0.2, 0.25) is 5.02 Å². The van der Waals surface area contributed by atoms with Crippen LogP contribution in [-0.2, 0) is 9.59 Å². The van der Waals surface area contributed by atoms with Gasteiger partial charge in [0.1, 0.15) is 12.4 Å². The lowest BCUT2D eigenvalue weighted by Gasteiger charge is -2.14. The van der Waals surface area contributed by atoms with E-state index in [1.165, 1.54) is 6.92 Å². The van der Waals surface area contributed by atoms with Gasteiger partial charge >= 0.3 is 5.97 Å². The third kappa shape index (κ3) is 4.25. The molecule has 98 valence electrons. The van der Waals surface area contributed by atoms with E-state index in [9.17, 15) is 9.59 Å². The number of hydrogen-bond acceptors (Lipinski definition) is 3. The molecule has 0 aliphatic rings. The first-order valence-electron chi connectivity index (χ1n) is 5.29. The molecule has 0 aliphatic carbocycles. The maximum atomic E-state index is 10.9. The van der Waals surface area contributed by atoms with Crippen molar-refractivity contribution in [2.24, 2.45) is 0 Å². The van der Waals surface area contributed by atoms with E-state index in [1.807, 2.05) is 6.92 Å². The van der Waals surface area contributed by atoms with Crippen LogP contribution in [0.1, 0.15) is 12.5 Å². The summed E-state index contributed by atoms with van der Waals surface area (Å²) in [5, 5.41) is 11.8. The highest BCUT2D eigenvalue weighted by Crippen LogP contribution is 2.21. The van der Waals surface area contributed by atoms with E-state index >= 15 is 0 Å². The summed E-state index contributed by atoms with van der Waals surface area (Å²) in [6.07, 6.45) is 0. The topological polar surface area (TPSA) is 75.6 Å². The normalized spacial score (nSPS) is 11.7. The summed E-state index contributed by atoms with van der Waals surface area (Å²) >= 11 is 5.86. The third-order valence-corrected chi connectivity index (χ3v) is 2.65. The Morgan fingerprint density at radius 2 is 2.17 bits per heavy atom. The van der Waals surface area contributed by atoms with Crippen LogP contribution in [0.3, 0.4) is 0 Å². The number of benzene rings is 1. The second-order valence-electron chi connectivity index (χ2n) is 3.81. The molecule has 6 heteroatoms. The number of rotatable bonds is 5. The standard InChI is InChI=1S/C12H14ClNO4/c1-7-5-9(3-4-10(7)13)18-6-11(12(16)17)14-8(2)15/h3-5,11H,6H2,1-2H3,(H,14,15)(H,16,17). The summed E-state index contributed by atoms with van der Waals surface area (Å²) < 4.78 is 5.31. The van der Waals surface area contributed by atoms with E-state index in [4.69, 9.17) is 21.4 Å². The van der Waals surface area contributed by atoms with E-state index in [2.05, 4.69) is 5.32 Å². The van der Waals surface area contributed by atoms with Crippen molar-refractivity contribution in [2.45, 2.75) is 19.9 Å². The van der Waals surface area contributed by atoms with Gasteiger partial charge < -0.3 is 15.2 Å². The lowest BCUT2D eigenvalue weighted by molar-refractivity contribution is -0.142. The lowest BCUT2D eigenvalue weighted by Crippen LogP contribution is -2.43. The zero-order valence-electron chi connectivity index (χ0n) is 10.1. The van der Waals surface area contributed by atoms with Crippen LogP contribution in [0.4, 0.5) is 0 Å². The van der Waals surface area contributed by atoms with Crippen LogP contribution in [0, 0.1) is 6.92 Å². The van der Waals surface area contributed by atoms with Crippen LogP contribution in [0.15, 0.2) is 18.2 Å². The first-order valence-corrected chi connectivity index (χ1v) is 5.67. The first kappa shape index (κ1) is 14.3. The minimum absolute atomic E-state index is 0.143. The van der Waals surface area contributed by atoms with E-state index in [0.717, 1.165) is 5.56 Å². The van der Waals surface area contributed by atoms with Gasteiger partial charge in [-0.05, 0) is 30.7 Å². The molecule has 5 nitrogen and oxygen atoms in total. The average Bonchev–Trinajstić information content (AvgIpc) is 2.28. The summed E-state index contributed by atoms with van der Waals surface area (Å²) in [6, 6.07) is 3.94. The molecule has 0 aromatic heterocycles. The number of carbonyl (C=O) groups is 2. The Morgan fingerprint density at radius 1 is 1.50 bits per heavy atom. The maximum absolute atomic E-state index is 10.9. The highest BCUT2D eigenvalue weighted by molar-refractivity contribution is 6.31. The molecule has 1 unspecified atom stereocenters. The van der Waals surface area contributed by atoms with Gasteiger partial charge in [-0.2, -0.15) is 0 Å². The Bertz CT molecular complexity index is 461. The quantitative estimate of drug-likeness (QED) is 0.853. The zero-order chi connectivity index (χ0) is 13.7. The molecule has 0 fully saturated rings. The zero-order valence-corrected chi connectivity index (χ0v) is 10.8. The van der Waals surface area contributed by atoms with Crippen LogP contribution in [-0.4, -0.2) is 29.6 Å². The van der Waals surface area contributed by atoms with E-state index < -0.39 is 17.9 Å². The number of aryl methyl sites for hydroxylation is 1. The first-order chi connectivity index (χ1) is 8.40. The van der Waals surface area contributed by atoms with Crippen molar-refractivity contribution in [3.05, 3.63) is 28.8 Å². The molecule has 1 aromatic carbocycles. The molecule has 1 aromatic rings. The number of hydrogen-bond donors (Lipinski definition) is 2. The fourth-order valence-electron chi connectivity index (χ4n) is 1.31. The number of halogens is 1. The summed E-state index contributed by atoms with van der Waals surface area (Å²) in [7, 11) is 0. The summed E-state index contributed by atoms with van der Waals surface area (Å²) in [5.74, 6) is -1.05. The van der Waals surface area contributed by atoms with Gasteiger partial charge in [0.25, 0.3) is 0 Å².